The van der Waals surface area contributed by atoms with Crippen LogP contribution in [0.25, 0.3) is 0 Å². The predicted octanol–water partition coefficient (Wildman–Crippen LogP) is 3.68. The van der Waals surface area contributed by atoms with Gasteiger partial charge >= 0.3 is 0 Å². The van der Waals surface area contributed by atoms with Crippen LogP contribution in [-0.4, -0.2) is 27.9 Å². The molecule has 2 rings (SSSR count). The molecule has 23 heavy (non-hydrogen) atoms. The molecule has 0 spiro atoms. The average Bonchev–Trinajstić information content (AvgIpc) is 2.98. The van der Waals surface area contributed by atoms with Gasteiger partial charge in [0.1, 0.15) is 11.4 Å². The molecule has 1 aromatic heterocycles. The number of rotatable bonds is 11. The van der Waals surface area contributed by atoms with Gasteiger partial charge in [0.2, 0.25) is 0 Å². The summed E-state index contributed by atoms with van der Waals surface area (Å²) in [6.07, 6.45) is 7.07. The van der Waals surface area contributed by atoms with E-state index in [1.807, 2.05) is 35.0 Å². The van der Waals surface area contributed by atoms with Gasteiger partial charge in [-0.3, -0.25) is 4.79 Å². The molecule has 5 nitrogen and oxygen atoms in total. The number of carbonyl (C=O) groups is 1. The molecule has 2 aromatic rings. The van der Waals surface area contributed by atoms with Crippen LogP contribution < -0.4 is 4.74 Å². The summed E-state index contributed by atoms with van der Waals surface area (Å²) in [5.74, 6) is 0.870. The van der Waals surface area contributed by atoms with Crippen LogP contribution in [0.4, 0.5) is 0 Å². The maximum Gasteiger partial charge on any atom is 0.172 e. The molecule has 1 heterocycles. The van der Waals surface area contributed by atoms with Gasteiger partial charge in [0.15, 0.2) is 6.29 Å². The Bertz CT molecular complexity index is 581. The Morgan fingerprint density at radius 2 is 1.96 bits per heavy atom. The highest BCUT2D eigenvalue weighted by molar-refractivity contribution is 5.73. The van der Waals surface area contributed by atoms with E-state index in [2.05, 4.69) is 17.2 Å². The van der Waals surface area contributed by atoms with Crippen LogP contribution in [0.5, 0.6) is 5.75 Å². The number of hydrogen-bond donors (Lipinski definition) is 0. The first-order valence-electron chi connectivity index (χ1n) is 8.40. The van der Waals surface area contributed by atoms with Crippen molar-refractivity contribution in [1.82, 2.24) is 15.0 Å². The number of para-hydroxylation sites is 1. The minimum Gasteiger partial charge on any atom is -0.494 e. The van der Waals surface area contributed by atoms with Crippen LogP contribution in [-0.2, 0) is 13.0 Å². The summed E-state index contributed by atoms with van der Waals surface area (Å²) in [6.45, 7) is 3.64. The number of aromatic nitrogens is 3. The van der Waals surface area contributed by atoms with Crippen molar-refractivity contribution < 1.29 is 9.53 Å². The molecule has 0 amide bonds. The van der Waals surface area contributed by atoms with Crippen LogP contribution in [0.1, 0.15) is 55.2 Å². The first-order valence-corrected chi connectivity index (χ1v) is 8.40. The number of benzene rings is 1. The molecule has 0 saturated heterocycles. The van der Waals surface area contributed by atoms with Crippen LogP contribution in [0.15, 0.2) is 30.3 Å². The fourth-order valence-electron chi connectivity index (χ4n) is 2.51. The normalized spacial score (nSPS) is 10.7. The number of unbranched alkanes of at least 4 members (excludes halogenated alkanes) is 3. The molecule has 0 aliphatic carbocycles. The Morgan fingerprint density at radius 3 is 2.70 bits per heavy atom. The molecule has 0 N–H and O–H groups in total. The highest BCUT2D eigenvalue weighted by Gasteiger charge is 2.11. The molecule has 1 aromatic carbocycles. The van der Waals surface area contributed by atoms with Crippen molar-refractivity contribution in [2.24, 2.45) is 0 Å². The van der Waals surface area contributed by atoms with Crippen LogP contribution >= 0.6 is 0 Å². The standard InChI is InChI=1S/C18H25N3O2/c1-2-3-4-8-13-21-18(17(15-22)19-20-21)12-9-14-23-16-10-6-5-7-11-16/h5-7,10-11,15H,2-4,8-9,12-14H2,1H3. The Hall–Kier alpha value is -2.17. The summed E-state index contributed by atoms with van der Waals surface area (Å²) < 4.78 is 7.57. The second-order valence-corrected chi connectivity index (χ2v) is 5.59. The quantitative estimate of drug-likeness (QED) is 0.469. The number of carbonyl (C=O) groups excluding carboxylic acids is 1. The molecular formula is C18H25N3O2. The lowest BCUT2D eigenvalue weighted by atomic mass is 10.2. The second kappa shape index (κ2) is 9.77. The summed E-state index contributed by atoms with van der Waals surface area (Å²) in [5, 5.41) is 8.09. The number of aryl methyl sites for hydroxylation is 1. The van der Waals surface area contributed by atoms with Crippen LogP contribution in [0.2, 0.25) is 0 Å². The molecule has 0 radical (unpaired) electrons. The Labute approximate surface area is 137 Å². The van der Waals surface area contributed by atoms with Gasteiger partial charge in [0.05, 0.1) is 12.3 Å². The smallest absolute Gasteiger partial charge is 0.172 e. The third kappa shape index (κ3) is 5.51. The van der Waals surface area contributed by atoms with Gasteiger partial charge in [0.25, 0.3) is 0 Å². The third-order valence-corrected chi connectivity index (χ3v) is 3.77. The van der Waals surface area contributed by atoms with Crippen molar-refractivity contribution in [3.63, 3.8) is 0 Å². The van der Waals surface area contributed by atoms with Gasteiger partial charge in [-0.15, -0.1) is 5.10 Å². The molecule has 0 aliphatic rings. The van der Waals surface area contributed by atoms with E-state index in [0.717, 1.165) is 43.5 Å². The fraction of sp³-hybridized carbons (Fsp3) is 0.500. The van der Waals surface area contributed by atoms with Crippen molar-refractivity contribution in [3.8, 4) is 5.75 Å². The first-order chi connectivity index (χ1) is 11.3. The topological polar surface area (TPSA) is 57.0 Å². The molecule has 0 aliphatic heterocycles. The van der Waals surface area contributed by atoms with Gasteiger partial charge < -0.3 is 4.74 Å². The lowest BCUT2D eigenvalue weighted by Gasteiger charge is -2.08. The second-order valence-electron chi connectivity index (χ2n) is 5.59. The lowest BCUT2D eigenvalue weighted by Crippen LogP contribution is -2.08. The molecular weight excluding hydrogens is 290 g/mol. The minimum atomic E-state index is 0.459. The zero-order valence-corrected chi connectivity index (χ0v) is 13.8. The van der Waals surface area contributed by atoms with E-state index in [4.69, 9.17) is 4.74 Å². The Morgan fingerprint density at radius 1 is 1.13 bits per heavy atom. The van der Waals surface area contributed by atoms with Crippen molar-refractivity contribution in [3.05, 3.63) is 41.7 Å². The molecule has 0 unspecified atom stereocenters. The third-order valence-electron chi connectivity index (χ3n) is 3.77. The average molecular weight is 315 g/mol. The summed E-state index contributed by atoms with van der Waals surface area (Å²) in [5.41, 5.74) is 1.38. The summed E-state index contributed by atoms with van der Waals surface area (Å²) in [4.78, 5) is 11.1. The highest BCUT2D eigenvalue weighted by Crippen LogP contribution is 2.12. The van der Waals surface area contributed by atoms with E-state index >= 15 is 0 Å². The van der Waals surface area contributed by atoms with Gasteiger partial charge in [-0.05, 0) is 31.4 Å². The molecule has 5 heteroatoms. The van der Waals surface area contributed by atoms with E-state index in [1.54, 1.807) is 0 Å². The minimum absolute atomic E-state index is 0.459. The lowest BCUT2D eigenvalue weighted by molar-refractivity contribution is 0.111. The van der Waals surface area contributed by atoms with Gasteiger partial charge in [-0.25, -0.2) is 4.68 Å². The van der Waals surface area contributed by atoms with Crippen LogP contribution in [0, 0.1) is 0 Å². The maximum absolute atomic E-state index is 11.1. The summed E-state index contributed by atoms with van der Waals surface area (Å²) >= 11 is 0. The molecule has 0 fully saturated rings. The van der Waals surface area contributed by atoms with Crippen molar-refractivity contribution in [1.29, 1.82) is 0 Å². The van der Waals surface area contributed by atoms with Crippen LogP contribution in [0.3, 0.4) is 0 Å². The number of nitrogens with zero attached hydrogens (tertiary/aromatic N) is 3. The maximum atomic E-state index is 11.1. The van der Waals surface area contributed by atoms with E-state index in [1.165, 1.54) is 19.3 Å². The predicted molar refractivity (Wildman–Crippen MR) is 89.8 cm³/mol. The highest BCUT2D eigenvalue weighted by atomic mass is 16.5. The zero-order valence-electron chi connectivity index (χ0n) is 13.8. The van der Waals surface area contributed by atoms with Crippen molar-refractivity contribution >= 4 is 6.29 Å². The number of ether oxygens (including phenoxy) is 1. The number of hydrogen-bond acceptors (Lipinski definition) is 4. The van der Waals surface area contributed by atoms with E-state index in [-0.39, 0.29) is 0 Å². The molecule has 0 saturated carbocycles. The van der Waals surface area contributed by atoms with Crippen molar-refractivity contribution in [2.75, 3.05) is 6.61 Å². The van der Waals surface area contributed by atoms with Gasteiger partial charge in [0, 0.05) is 6.54 Å². The zero-order chi connectivity index (χ0) is 16.3. The Kier molecular flexibility index (Phi) is 7.30. The molecule has 124 valence electrons. The van der Waals surface area contributed by atoms with E-state index in [0.29, 0.717) is 12.3 Å². The van der Waals surface area contributed by atoms with Gasteiger partial charge in [-0.2, -0.15) is 0 Å². The van der Waals surface area contributed by atoms with E-state index in [9.17, 15) is 4.79 Å². The number of aldehydes is 1. The molecule has 0 bridgehead atoms. The van der Waals surface area contributed by atoms with Crippen molar-refractivity contribution in [2.45, 2.75) is 52.0 Å². The largest absolute Gasteiger partial charge is 0.494 e. The van der Waals surface area contributed by atoms with Gasteiger partial charge in [-0.1, -0.05) is 49.6 Å². The molecule has 0 atom stereocenters. The van der Waals surface area contributed by atoms with E-state index < -0.39 is 0 Å². The Balaban J connectivity index is 1.82. The monoisotopic (exact) mass is 315 g/mol. The SMILES string of the molecule is CCCCCCn1nnc(C=O)c1CCCOc1ccccc1. The summed E-state index contributed by atoms with van der Waals surface area (Å²) in [7, 11) is 0. The summed E-state index contributed by atoms with van der Waals surface area (Å²) in [6, 6.07) is 9.75. The fourth-order valence-corrected chi connectivity index (χ4v) is 2.51. The first kappa shape index (κ1) is 17.2.